The molecule has 27 heavy (non-hydrogen) atoms. The zero-order valence-electron chi connectivity index (χ0n) is 14.7. The minimum absolute atomic E-state index is 0.281. The molecule has 2 bridgehead atoms. The van der Waals surface area contributed by atoms with Crippen LogP contribution in [0.2, 0.25) is 0 Å². The van der Waals surface area contributed by atoms with E-state index in [4.69, 9.17) is 4.52 Å². The Kier molecular flexibility index (Phi) is 3.40. The third-order valence-electron chi connectivity index (χ3n) is 5.97. The zero-order chi connectivity index (χ0) is 18.8. The number of carbonyl (C=O) groups is 2. The molecule has 136 valence electrons. The number of para-hydroxylation sites is 1. The Morgan fingerprint density at radius 2 is 1.59 bits per heavy atom. The number of benzene rings is 2. The average molecular weight is 379 g/mol. The van der Waals surface area contributed by atoms with Crippen LogP contribution < -0.4 is 10.2 Å². The van der Waals surface area contributed by atoms with E-state index in [1.165, 1.54) is 4.90 Å². The number of hydrogen-bond acceptors (Lipinski definition) is 4. The second-order valence-electron chi connectivity index (χ2n) is 7.39. The van der Waals surface area contributed by atoms with Crippen molar-refractivity contribution in [3.63, 3.8) is 0 Å². The molecule has 4 aliphatic rings. The Morgan fingerprint density at radius 3 is 2.26 bits per heavy atom. The van der Waals surface area contributed by atoms with Crippen LogP contribution in [-0.2, 0) is 18.7 Å². The molecule has 0 aromatic heterocycles. The summed E-state index contributed by atoms with van der Waals surface area (Å²) in [5.41, 5.74) is 0.541. The maximum Gasteiger partial charge on any atom is 0.242 e. The molecule has 5 nitrogen and oxygen atoms in total. The third kappa shape index (κ3) is 2.01. The first-order valence-corrected chi connectivity index (χ1v) is 10.6. The number of rotatable bonds is 2. The first-order valence-electron chi connectivity index (χ1n) is 8.94. The van der Waals surface area contributed by atoms with Gasteiger partial charge in [0, 0.05) is 5.30 Å². The summed E-state index contributed by atoms with van der Waals surface area (Å²) < 4.78 is 20.1. The highest BCUT2D eigenvalue weighted by atomic mass is 31.2. The zero-order valence-corrected chi connectivity index (χ0v) is 15.6. The molecule has 0 N–H and O–H groups in total. The van der Waals surface area contributed by atoms with Gasteiger partial charge in [-0.2, -0.15) is 0 Å². The van der Waals surface area contributed by atoms with Gasteiger partial charge in [-0.25, -0.2) is 4.90 Å². The van der Waals surface area contributed by atoms with Crippen LogP contribution in [-0.4, -0.2) is 23.1 Å². The molecule has 5 unspecified atom stereocenters. The largest absolute Gasteiger partial charge is 0.316 e. The van der Waals surface area contributed by atoms with Crippen LogP contribution in [0.15, 0.2) is 72.8 Å². The van der Waals surface area contributed by atoms with E-state index in [2.05, 4.69) is 0 Å². The maximum atomic E-state index is 14.0. The average Bonchev–Trinajstić information content (AvgIpc) is 2.97. The summed E-state index contributed by atoms with van der Waals surface area (Å²) in [6, 6.07) is 17.9. The standard InChI is InChI=1S/C21H18NO4P/c1-21-13-12-16(26-27(21,25)15-10-6-3-7-11-15)17-18(21)20(24)22(19(17)23)14-8-4-2-5-9-14/h2-13,16-18H,1H3. The maximum absolute atomic E-state index is 14.0. The number of fused-ring (bicyclic) bond motifs is 1. The summed E-state index contributed by atoms with van der Waals surface area (Å²) in [4.78, 5) is 27.7. The lowest BCUT2D eigenvalue weighted by Crippen LogP contribution is -2.54. The summed E-state index contributed by atoms with van der Waals surface area (Å²) in [5.74, 6) is -1.91. The van der Waals surface area contributed by atoms with Crippen molar-refractivity contribution in [1.29, 1.82) is 0 Å². The lowest BCUT2D eigenvalue weighted by Gasteiger charge is -2.50. The smallest absolute Gasteiger partial charge is 0.242 e. The van der Waals surface area contributed by atoms with E-state index in [1.54, 1.807) is 49.4 Å². The molecule has 2 aromatic rings. The van der Waals surface area contributed by atoms with E-state index in [-0.39, 0.29) is 11.8 Å². The highest BCUT2D eigenvalue weighted by Crippen LogP contribution is 2.71. The monoisotopic (exact) mass is 379 g/mol. The van der Waals surface area contributed by atoms with Crippen LogP contribution in [0.4, 0.5) is 5.69 Å². The fourth-order valence-corrected chi connectivity index (χ4v) is 7.55. The van der Waals surface area contributed by atoms with Crippen molar-refractivity contribution in [3.8, 4) is 0 Å². The molecule has 3 heterocycles. The predicted molar refractivity (Wildman–Crippen MR) is 102 cm³/mol. The lowest BCUT2D eigenvalue weighted by atomic mass is 9.76. The fraction of sp³-hybridized carbons (Fsp3) is 0.238. The normalized spacial score (nSPS) is 36.9. The minimum atomic E-state index is -3.38. The molecule has 6 rings (SSSR count). The van der Waals surface area contributed by atoms with E-state index >= 15 is 0 Å². The van der Waals surface area contributed by atoms with Gasteiger partial charge in [-0.1, -0.05) is 48.6 Å². The van der Waals surface area contributed by atoms with Crippen LogP contribution in [0.1, 0.15) is 6.92 Å². The molecule has 2 amide bonds. The van der Waals surface area contributed by atoms with Crippen molar-refractivity contribution in [3.05, 3.63) is 72.8 Å². The molecule has 2 fully saturated rings. The quantitative estimate of drug-likeness (QED) is 0.457. The summed E-state index contributed by atoms with van der Waals surface area (Å²) in [6.45, 7) is 1.78. The van der Waals surface area contributed by atoms with Crippen LogP contribution in [0.5, 0.6) is 0 Å². The summed E-state index contributed by atoms with van der Waals surface area (Å²) >= 11 is 0. The molecule has 6 heteroatoms. The predicted octanol–water partition coefficient (Wildman–Crippen LogP) is 3.12. The van der Waals surface area contributed by atoms with Crippen LogP contribution in [0.25, 0.3) is 0 Å². The number of amides is 2. The molecular formula is C21H18NO4P. The van der Waals surface area contributed by atoms with Crippen molar-refractivity contribution >= 4 is 30.2 Å². The number of allylic oxidation sites excluding steroid dienone is 1. The first kappa shape index (κ1) is 16.7. The summed E-state index contributed by atoms with van der Waals surface area (Å²) in [5, 5.41) is -0.469. The van der Waals surface area contributed by atoms with Crippen molar-refractivity contribution in [1.82, 2.24) is 0 Å². The molecule has 1 aliphatic carbocycles. The summed E-state index contributed by atoms with van der Waals surface area (Å²) in [6.07, 6.45) is 2.96. The van der Waals surface area contributed by atoms with Gasteiger partial charge in [0.05, 0.1) is 28.8 Å². The van der Waals surface area contributed by atoms with E-state index in [0.29, 0.717) is 11.0 Å². The Balaban J connectivity index is 1.65. The molecule has 0 radical (unpaired) electrons. The van der Waals surface area contributed by atoms with Crippen molar-refractivity contribution in [2.24, 2.45) is 11.8 Å². The van der Waals surface area contributed by atoms with Crippen molar-refractivity contribution in [2.75, 3.05) is 4.90 Å². The number of nitrogens with zero attached hydrogens (tertiary/aromatic N) is 1. The third-order valence-corrected chi connectivity index (χ3v) is 9.19. The lowest BCUT2D eigenvalue weighted by molar-refractivity contribution is -0.124. The molecule has 5 atom stereocenters. The molecule has 2 saturated heterocycles. The van der Waals surface area contributed by atoms with Gasteiger partial charge < -0.3 is 4.52 Å². The van der Waals surface area contributed by atoms with Gasteiger partial charge in [-0.15, -0.1) is 0 Å². The second kappa shape index (κ2) is 5.51. The molecule has 0 saturated carbocycles. The van der Waals surface area contributed by atoms with Gasteiger partial charge in [0.1, 0.15) is 0 Å². The highest BCUT2D eigenvalue weighted by Gasteiger charge is 2.70. The van der Waals surface area contributed by atoms with Crippen molar-refractivity contribution in [2.45, 2.75) is 18.2 Å². The minimum Gasteiger partial charge on any atom is -0.316 e. The molecule has 3 aliphatic heterocycles. The Hall–Kier alpha value is -2.49. The Bertz CT molecular complexity index is 1020. The van der Waals surface area contributed by atoms with E-state index in [0.717, 1.165) is 0 Å². The van der Waals surface area contributed by atoms with Gasteiger partial charge in [-0.3, -0.25) is 14.2 Å². The molecular weight excluding hydrogens is 361 g/mol. The van der Waals surface area contributed by atoms with Gasteiger partial charge >= 0.3 is 0 Å². The number of imide groups is 1. The number of anilines is 1. The van der Waals surface area contributed by atoms with Gasteiger partial charge in [0.15, 0.2) is 0 Å². The SMILES string of the molecule is CC12C=CC(OP1(=O)c1ccccc1)C1C(=O)N(c3ccccc3)C(=O)C12. The number of hydrogen-bond donors (Lipinski definition) is 0. The van der Waals surface area contributed by atoms with E-state index in [9.17, 15) is 14.2 Å². The first-order chi connectivity index (χ1) is 13.0. The van der Waals surface area contributed by atoms with Crippen LogP contribution in [0.3, 0.4) is 0 Å². The van der Waals surface area contributed by atoms with E-state index in [1.807, 2.05) is 30.3 Å². The number of carbonyl (C=O) groups excluding carboxylic acids is 2. The summed E-state index contributed by atoms with van der Waals surface area (Å²) in [7, 11) is -3.38. The van der Waals surface area contributed by atoms with Gasteiger partial charge in [0.2, 0.25) is 19.2 Å². The van der Waals surface area contributed by atoms with Gasteiger partial charge in [0.25, 0.3) is 0 Å². The van der Waals surface area contributed by atoms with Gasteiger partial charge in [-0.05, 0) is 31.2 Å². The van der Waals surface area contributed by atoms with E-state index < -0.39 is 30.5 Å². The van der Waals surface area contributed by atoms with Crippen LogP contribution in [0, 0.1) is 11.8 Å². The highest BCUT2D eigenvalue weighted by molar-refractivity contribution is 7.69. The van der Waals surface area contributed by atoms with Crippen molar-refractivity contribution < 1.29 is 18.7 Å². The van der Waals surface area contributed by atoms with Crippen LogP contribution >= 0.6 is 7.37 Å². The Labute approximate surface area is 157 Å². The molecule has 2 aromatic carbocycles. The second-order valence-corrected chi connectivity index (χ2v) is 10.2. The fourth-order valence-electron chi connectivity index (χ4n) is 4.61. The molecule has 0 spiro atoms. The Morgan fingerprint density at radius 1 is 0.963 bits per heavy atom. The topological polar surface area (TPSA) is 63.7 Å².